The van der Waals surface area contributed by atoms with Crippen LogP contribution in [0.1, 0.15) is 20.0 Å². The molecule has 1 aromatic carbocycles. The minimum absolute atomic E-state index is 0.0135. The predicted molar refractivity (Wildman–Crippen MR) is 89.1 cm³/mol. The maximum Gasteiger partial charge on any atom is 0.264 e. The standard InChI is InChI=1S/C17H17FN2O3S/c1-23-14-5-4-12(18)11-13(14)16(21)19-6-8-20(9-7-19)17(22)15-3-2-10-24-15/h2-5,10-11H,6-9H2,1H3. The van der Waals surface area contributed by atoms with Crippen molar-refractivity contribution in [3.05, 3.63) is 52.0 Å². The lowest BCUT2D eigenvalue weighted by Gasteiger charge is -2.34. The van der Waals surface area contributed by atoms with Gasteiger partial charge in [0.2, 0.25) is 0 Å². The van der Waals surface area contributed by atoms with Gasteiger partial charge in [-0.2, -0.15) is 0 Å². The minimum Gasteiger partial charge on any atom is -0.496 e. The van der Waals surface area contributed by atoms with Gasteiger partial charge in [0.05, 0.1) is 17.6 Å². The number of carbonyl (C=O) groups excluding carboxylic acids is 2. The maximum absolute atomic E-state index is 13.5. The highest BCUT2D eigenvalue weighted by molar-refractivity contribution is 7.12. The van der Waals surface area contributed by atoms with Crippen LogP contribution < -0.4 is 4.74 Å². The van der Waals surface area contributed by atoms with E-state index in [9.17, 15) is 14.0 Å². The minimum atomic E-state index is -0.481. The molecular weight excluding hydrogens is 331 g/mol. The Bertz CT molecular complexity index is 740. The molecule has 2 heterocycles. The largest absolute Gasteiger partial charge is 0.496 e. The number of thiophene rings is 1. The molecule has 1 aliphatic rings. The van der Waals surface area contributed by atoms with E-state index in [4.69, 9.17) is 4.74 Å². The van der Waals surface area contributed by atoms with Crippen LogP contribution in [-0.4, -0.2) is 54.9 Å². The fraction of sp³-hybridized carbons (Fsp3) is 0.294. The van der Waals surface area contributed by atoms with Gasteiger partial charge in [-0.05, 0) is 29.6 Å². The molecule has 0 radical (unpaired) electrons. The number of piperazine rings is 1. The average Bonchev–Trinajstić information content (AvgIpc) is 3.15. The predicted octanol–water partition coefficient (Wildman–Crippen LogP) is 2.49. The number of hydrogen-bond donors (Lipinski definition) is 0. The molecule has 0 unspecified atom stereocenters. The quantitative estimate of drug-likeness (QED) is 0.856. The van der Waals surface area contributed by atoms with Crippen LogP contribution in [0.2, 0.25) is 0 Å². The second-order valence-electron chi connectivity index (χ2n) is 5.41. The Labute approximate surface area is 143 Å². The number of carbonyl (C=O) groups is 2. The Morgan fingerprint density at radius 2 is 1.75 bits per heavy atom. The van der Waals surface area contributed by atoms with Crippen LogP contribution in [-0.2, 0) is 0 Å². The van der Waals surface area contributed by atoms with Crippen molar-refractivity contribution in [3.8, 4) is 5.75 Å². The van der Waals surface area contributed by atoms with Gasteiger partial charge in [-0.15, -0.1) is 11.3 Å². The fourth-order valence-electron chi connectivity index (χ4n) is 2.69. The van der Waals surface area contributed by atoms with Gasteiger partial charge < -0.3 is 14.5 Å². The van der Waals surface area contributed by atoms with E-state index in [1.807, 2.05) is 11.4 Å². The van der Waals surface area contributed by atoms with Crippen LogP contribution >= 0.6 is 11.3 Å². The molecule has 0 saturated carbocycles. The van der Waals surface area contributed by atoms with Gasteiger partial charge >= 0.3 is 0 Å². The molecule has 1 aliphatic heterocycles. The molecule has 1 aromatic heterocycles. The fourth-order valence-corrected chi connectivity index (χ4v) is 3.38. The van der Waals surface area contributed by atoms with Crippen molar-refractivity contribution in [2.24, 2.45) is 0 Å². The molecule has 24 heavy (non-hydrogen) atoms. The zero-order valence-electron chi connectivity index (χ0n) is 13.2. The Balaban J connectivity index is 1.67. The Hall–Kier alpha value is -2.41. The molecule has 0 spiro atoms. The zero-order valence-corrected chi connectivity index (χ0v) is 14.0. The summed E-state index contributed by atoms with van der Waals surface area (Å²) in [5.41, 5.74) is 0.204. The number of hydrogen-bond acceptors (Lipinski definition) is 4. The lowest BCUT2D eigenvalue weighted by atomic mass is 10.1. The van der Waals surface area contributed by atoms with E-state index in [0.717, 1.165) is 0 Å². The van der Waals surface area contributed by atoms with E-state index in [1.165, 1.54) is 36.6 Å². The molecule has 3 rings (SSSR count). The molecule has 0 aliphatic carbocycles. The number of methoxy groups -OCH3 is 1. The first-order valence-corrected chi connectivity index (χ1v) is 8.43. The molecule has 2 aromatic rings. The summed E-state index contributed by atoms with van der Waals surface area (Å²) in [5.74, 6) is -0.431. The Morgan fingerprint density at radius 3 is 2.33 bits per heavy atom. The summed E-state index contributed by atoms with van der Waals surface area (Å²) in [7, 11) is 1.45. The normalized spacial score (nSPS) is 14.6. The second kappa shape index (κ2) is 7.00. The van der Waals surface area contributed by atoms with Crippen molar-refractivity contribution in [2.75, 3.05) is 33.3 Å². The average molecular weight is 348 g/mol. The van der Waals surface area contributed by atoms with Crippen molar-refractivity contribution in [1.29, 1.82) is 0 Å². The SMILES string of the molecule is COc1ccc(F)cc1C(=O)N1CCN(C(=O)c2cccs2)CC1. The third kappa shape index (κ3) is 3.26. The summed E-state index contributed by atoms with van der Waals surface area (Å²) in [6, 6.07) is 7.52. The molecule has 126 valence electrons. The molecule has 0 atom stereocenters. The summed E-state index contributed by atoms with van der Waals surface area (Å²) in [6.45, 7) is 1.74. The smallest absolute Gasteiger partial charge is 0.264 e. The molecule has 1 fully saturated rings. The highest BCUT2D eigenvalue weighted by Gasteiger charge is 2.27. The molecular formula is C17H17FN2O3S. The van der Waals surface area contributed by atoms with Gasteiger partial charge in [-0.3, -0.25) is 9.59 Å². The molecule has 0 bridgehead atoms. The molecule has 1 saturated heterocycles. The Kier molecular flexibility index (Phi) is 4.80. The first-order chi connectivity index (χ1) is 11.6. The summed E-state index contributed by atoms with van der Waals surface area (Å²) in [6.07, 6.45) is 0. The summed E-state index contributed by atoms with van der Waals surface area (Å²) in [4.78, 5) is 29.0. The van der Waals surface area contributed by atoms with E-state index < -0.39 is 5.82 Å². The second-order valence-corrected chi connectivity index (χ2v) is 6.35. The van der Waals surface area contributed by atoms with Crippen molar-refractivity contribution >= 4 is 23.2 Å². The third-order valence-corrected chi connectivity index (χ3v) is 4.84. The molecule has 0 N–H and O–H groups in total. The van der Waals surface area contributed by atoms with E-state index in [1.54, 1.807) is 15.9 Å². The lowest BCUT2D eigenvalue weighted by molar-refractivity contribution is 0.0536. The van der Waals surface area contributed by atoms with Gasteiger partial charge in [0, 0.05) is 26.2 Å². The van der Waals surface area contributed by atoms with Crippen molar-refractivity contribution in [2.45, 2.75) is 0 Å². The lowest BCUT2D eigenvalue weighted by Crippen LogP contribution is -2.50. The third-order valence-electron chi connectivity index (χ3n) is 3.98. The topological polar surface area (TPSA) is 49.9 Å². The molecule has 2 amide bonds. The first-order valence-electron chi connectivity index (χ1n) is 7.55. The molecule has 7 heteroatoms. The summed E-state index contributed by atoms with van der Waals surface area (Å²) in [5, 5.41) is 1.86. The van der Waals surface area contributed by atoms with Crippen molar-refractivity contribution in [3.63, 3.8) is 0 Å². The number of ether oxygens (including phenoxy) is 1. The number of amides is 2. The highest BCUT2D eigenvalue weighted by Crippen LogP contribution is 2.22. The van der Waals surface area contributed by atoms with Crippen molar-refractivity contribution in [1.82, 2.24) is 9.80 Å². The molecule has 5 nitrogen and oxygen atoms in total. The van der Waals surface area contributed by atoms with Crippen LogP contribution in [0, 0.1) is 5.82 Å². The van der Waals surface area contributed by atoms with Crippen LogP contribution in [0.15, 0.2) is 35.7 Å². The van der Waals surface area contributed by atoms with Crippen LogP contribution in [0.4, 0.5) is 4.39 Å². The van der Waals surface area contributed by atoms with E-state index in [2.05, 4.69) is 0 Å². The van der Waals surface area contributed by atoms with Gasteiger partial charge in [0.1, 0.15) is 11.6 Å². The van der Waals surface area contributed by atoms with Gasteiger partial charge in [-0.1, -0.05) is 6.07 Å². The highest BCUT2D eigenvalue weighted by atomic mass is 32.1. The van der Waals surface area contributed by atoms with E-state index >= 15 is 0 Å². The van der Waals surface area contributed by atoms with E-state index in [-0.39, 0.29) is 17.4 Å². The van der Waals surface area contributed by atoms with E-state index in [0.29, 0.717) is 36.8 Å². The van der Waals surface area contributed by atoms with Crippen LogP contribution in [0.5, 0.6) is 5.75 Å². The van der Waals surface area contributed by atoms with Crippen molar-refractivity contribution < 1.29 is 18.7 Å². The number of rotatable bonds is 3. The summed E-state index contributed by atoms with van der Waals surface area (Å²) >= 11 is 1.41. The van der Waals surface area contributed by atoms with Gasteiger partial charge in [-0.25, -0.2) is 4.39 Å². The maximum atomic E-state index is 13.5. The Morgan fingerprint density at radius 1 is 1.08 bits per heavy atom. The first kappa shape index (κ1) is 16.4. The zero-order chi connectivity index (χ0) is 17.1. The van der Waals surface area contributed by atoms with Gasteiger partial charge in [0.15, 0.2) is 0 Å². The van der Waals surface area contributed by atoms with Gasteiger partial charge in [0.25, 0.3) is 11.8 Å². The monoisotopic (exact) mass is 348 g/mol. The number of halogens is 1. The number of nitrogens with zero attached hydrogens (tertiary/aromatic N) is 2. The van der Waals surface area contributed by atoms with Crippen LogP contribution in [0.3, 0.4) is 0 Å². The summed E-state index contributed by atoms with van der Waals surface area (Å²) < 4.78 is 18.6. The van der Waals surface area contributed by atoms with Crippen LogP contribution in [0.25, 0.3) is 0 Å². The number of benzene rings is 1.